The molecule has 1 aliphatic rings. The van der Waals surface area contributed by atoms with Crippen LogP contribution in [-0.4, -0.2) is 63.6 Å². The highest BCUT2D eigenvalue weighted by atomic mass is 35.5. The number of carbonyl (C=O) groups excluding carboxylic acids is 3. The van der Waals surface area contributed by atoms with Crippen molar-refractivity contribution >= 4 is 46.4 Å². The van der Waals surface area contributed by atoms with E-state index in [1.807, 2.05) is 6.07 Å². The Hall–Kier alpha value is -3.86. The molecule has 12 heteroatoms. The number of piperidine rings is 1. The van der Waals surface area contributed by atoms with Gasteiger partial charge in [0.05, 0.1) is 11.4 Å². The number of fused-ring (bicyclic) bond motifs is 1. The van der Waals surface area contributed by atoms with Crippen LogP contribution in [0.1, 0.15) is 52.1 Å². The highest BCUT2D eigenvalue weighted by Gasteiger charge is 2.45. The van der Waals surface area contributed by atoms with Gasteiger partial charge in [-0.3, -0.25) is 9.59 Å². The summed E-state index contributed by atoms with van der Waals surface area (Å²) >= 11 is 6.06. The van der Waals surface area contributed by atoms with E-state index in [4.69, 9.17) is 16.3 Å². The summed E-state index contributed by atoms with van der Waals surface area (Å²) in [6.07, 6.45) is 3.25. The van der Waals surface area contributed by atoms with Crippen molar-refractivity contribution in [2.45, 2.75) is 57.7 Å². The molecule has 0 spiro atoms. The van der Waals surface area contributed by atoms with Gasteiger partial charge in [0.1, 0.15) is 28.9 Å². The third-order valence-corrected chi connectivity index (χ3v) is 6.81. The molecule has 4 rings (SSSR count). The van der Waals surface area contributed by atoms with E-state index in [0.29, 0.717) is 31.0 Å². The number of nitrogens with zero attached hydrogens (tertiary/aromatic N) is 3. The maximum Gasteiger partial charge on any atom is 0.408 e. The maximum absolute atomic E-state index is 14.0. The second-order valence-corrected chi connectivity index (χ2v) is 11.1. The number of alkyl carbamates (subject to hydrolysis) is 1. The van der Waals surface area contributed by atoms with Gasteiger partial charge < -0.3 is 30.6 Å². The largest absolute Gasteiger partial charge is 0.444 e. The first kappa shape index (κ1) is 28.2. The number of anilines is 1. The van der Waals surface area contributed by atoms with Crippen LogP contribution in [-0.2, 0) is 14.3 Å². The number of rotatable bonds is 7. The molecular formula is C27H34ClN7O4. The van der Waals surface area contributed by atoms with Gasteiger partial charge in [0.25, 0.3) is 0 Å². The number of amides is 3. The number of benzene rings is 1. The fourth-order valence-corrected chi connectivity index (χ4v) is 4.73. The second kappa shape index (κ2) is 11.5. The Kier molecular flexibility index (Phi) is 8.29. The molecule has 208 valence electrons. The Morgan fingerprint density at radius 2 is 1.82 bits per heavy atom. The average Bonchev–Trinajstić information content (AvgIpc) is 3.35. The number of aromatic nitrogens is 3. The molecule has 0 radical (unpaired) electrons. The number of nitrogens with one attached hydrogen (secondary N) is 4. The minimum absolute atomic E-state index is 0.170. The van der Waals surface area contributed by atoms with Crippen LogP contribution in [0.4, 0.5) is 10.6 Å². The number of halogens is 1. The summed E-state index contributed by atoms with van der Waals surface area (Å²) in [4.78, 5) is 52.4. The SMILES string of the molecule is CC(=O)NCC(NC(=O)C1(NC(=O)OC(C)(C)C)CCN(c2ncnc3[nH]ccc23)CC1)c1ccc(Cl)cc1. The van der Waals surface area contributed by atoms with Crippen LogP contribution in [0.5, 0.6) is 0 Å². The normalized spacial score (nSPS) is 15.9. The van der Waals surface area contributed by atoms with Crippen LogP contribution in [0.15, 0.2) is 42.9 Å². The van der Waals surface area contributed by atoms with E-state index in [-0.39, 0.29) is 18.4 Å². The zero-order chi connectivity index (χ0) is 28.2. The molecule has 11 nitrogen and oxygen atoms in total. The topological polar surface area (TPSA) is 141 Å². The Bertz CT molecular complexity index is 1330. The Balaban J connectivity index is 1.58. The van der Waals surface area contributed by atoms with Crippen molar-refractivity contribution in [1.82, 2.24) is 30.9 Å². The summed E-state index contributed by atoms with van der Waals surface area (Å²) in [5, 5.41) is 10.1. The fourth-order valence-electron chi connectivity index (χ4n) is 4.61. The molecule has 1 fully saturated rings. The first-order valence-electron chi connectivity index (χ1n) is 12.8. The second-order valence-electron chi connectivity index (χ2n) is 10.6. The van der Waals surface area contributed by atoms with Crippen molar-refractivity contribution in [3.63, 3.8) is 0 Å². The monoisotopic (exact) mass is 555 g/mol. The van der Waals surface area contributed by atoms with Crippen LogP contribution < -0.4 is 20.9 Å². The molecular weight excluding hydrogens is 522 g/mol. The molecule has 0 aliphatic carbocycles. The first-order valence-corrected chi connectivity index (χ1v) is 13.2. The lowest BCUT2D eigenvalue weighted by Gasteiger charge is -2.42. The van der Waals surface area contributed by atoms with Gasteiger partial charge in [-0.1, -0.05) is 23.7 Å². The van der Waals surface area contributed by atoms with Gasteiger partial charge in [0.15, 0.2) is 0 Å². The predicted molar refractivity (Wildman–Crippen MR) is 148 cm³/mol. The van der Waals surface area contributed by atoms with E-state index in [9.17, 15) is 14.4 Å². The van der Waals surface area contributed by atoms with Gasteiger partial charge >= 0.3 is 6.09 Å². The van der Waals surface area contributed by atoms with Crippen LogP contribution in [0, 0.1) is 0 Å². The highest BCUT2D eigenvalue weighted by molar-refractivity contribution is 6.30. The lowest BCUT2D eigenvalue weighted by molar-refractivity contribution is -0.129. The molecule has 0 saturated carbocycles. The zero-order valence-electron chi connectivity index (χ0n) is 22.5. The van der Waals surface area contributed by atoms with E-state index >= 15 is 0 Å². The van der Waals surface area contributed by atoms with Gasteiger partial charge in [-0.05, 0) is 57.4 Å². The smallest absolute Gasteiger partial charge is 0.408 e. The van der Waals surface area contributed by atoms with E-state index in [1.54, 1.807) is 51.2 Å². The van der Waals surface area contributed by atoms with Crippen molar-refractivity contribution in [1.29, 1.82) is 0 Å². The summed E-state index contributed by atoms with van der Waals surface area (Å²) in [5.41, 5.74) is -0.489. The van der Waals surface area contributed by atoms with Gasteiger partial charge in [-0.15, -0.1) is 0 Å². The lowest BCUT2D eigenvalue weighted by Crippen LogP contribution is -2.64. The molecule has 4 N–H and O–H groups in total. The van der Waals surface area contributed by atoms with Crippen LogP contribution in [0.25, 0.3) is 11.0 Å². The molecule has 3 aromatic rings. The summed E-state index contributed by atoms with van der Waals surface area (Å²) < 4.78 is 5.52. The molecule has 1 aromatic carbocycles. The van der Waals surface area contributed by atoms with Gasteiger partial charge in [0, 0.05) is 37.8 Å². The van der Waals surface area contributed by atoms with Crippen molar-refractivity contribution in [2.75, 3.05) is 24.5 Å². The van der Waals surface area contributed by atoms with Crippen LogP contribution in [0.2, 0.25) is 5.02 Å². The first-order chi connectivity index (χ1) is 18.5. The molecule has 2 aromatic heterocycles. The van der Waals surface area contributed by atoms with Gasteiger partial charge in [-0.2, -0.15) is 0 Å². The number of carbonyl (C=O) groups is 3. The van der Waals surface area contributed by atoms with Gasteiger partial charge in [0.2, 0.25) is 11.8 Å². The third-order valence-electron chi connectivity index (χ3n) is 6.56. The molecule has 3 heterocycles. The van der Waals surface area contributed by atoms with Crippen LogP contribution in [0.3, 0.4) is 0 Å². The minimum Gasteiger partial charge on any atom is -0.444 e. The van der Waals surface area contributed by atoms with E-state index in [0.717, 1.165) is 22.4 Å². The molecule has 1 atom stereocenters. The van der Waals surface area contributed by atoms with E-state index in [2.05, 4.69) is 35.8 Å². The van der Waals surface area contributed by atoms with E-state index in [1.165, 1.54) is 13.3 Å². The minimum atomic E-state index is -1.25. The Morgan fingerprint density at radius 3 is 2.46 bits per heavy atom. The molecule has 1 aliphatic heterocycles. The standard InChI is InChI=1S/C27H34ClN7O4/c1-17(36)30-15-21(18-5-7-19(28)8-6-18)33-24(37)27(34-25(38)39-26(2,3)4)10-13-35(14-11-27)23-20-9-12-29-22(20)31-16-32-23/h5-9,12,16,21H,10-11,13-15H2,1-4H3,(H,30,36)(H,33,37)(H,34,38)(H,29,31,32). The average molecular weight is 556 g/mol. The fraction of sp³-hybridized carbons (Fsp3) is 0.444. The molecule has 1 unspecified atom stereocenters. The Morgan fingerprint density at radius 1 is 1.13 bits per heavy atom. The maximum atomic E-state index is 14.0. The molecule has 1 saturated heterocycles. The summed E-state index contributed by atoms with van der Waals surface area (Å²) in [6, 6.07) is 8.40. The van der Waals surface area contributed by atoms with E-state index < -0.39 is 23.3 Å². The number of aromatic amines is 1. The molecule has 0 bridgehead atoms. The van der Waals surface area contributed by atoms with Crippen molar-refractivity contribution in [2.24, 2.45) is 0 Å². The summed E-state index contributed by atoms with van der Waals surface area (Å²) in [7, 11) is 0. The Labute approximate surface area is 232 Å². The quantitative estimate of drug-likeness (QED) is 0.350. The third kappa shape index (κ3) is 6.97. The van der Waals surface area contributed by atoms with Gasteiger partial charge in [-0.25, -0.2) is 14.8 Å². The number of hydrogen-bond acceptors (Lipinski definition) is 7. The van der Waals surface area contributed by atoms with Crippen molar-refractivity contribution in [3.8, 4) is 0 Å². The van der Waals surface area contributed by atoms with Crippen molar-refractivity contribution < 1.29 is 19.1 Å². The molecule has 39 heavy (non-hydrogen) atoms. The molecule has 3 amide bonds. The predicted octanol–water partition coefficient (Wildman–Crippen LogP) is 3.47. The highest BCUT2D eigenvalue weighted by Crippen LogP contribution is 2.30. The number of ether oxygens (including phenoxy) is 1. The van der Waals surface area contributed by atoms with Crippen molar-refractivity contribution in [3.05, 3.63) is 53.4 Å². The number of hydrogen-bond donors (Lipinski definition) is 4. The number of H-pyrrole nitrogens is 1. The zero-order valence-corrected chi connectivity index (χ0v) is 23.3. The summed E-state index contributed by atoms with van der Waals surface area (Å²) in [5.74, 6) is 0.170. The van der Waals surface area contributed by atoms with Crippen LogP contribution >= 0.6 is 11.6 Å². The summed E-state index contributed by atoms with van der Waals surface area (Å²) in [6.45, 7) is 7.80. The lowest BCUT2D eigenvalue weighted by atomic mass is 9.85.